The molecule has 132 valence electrons. The number of aliphatic imine (C=N–C) groups is 1. The van der Waals surface area contributed by atoms with Gasteiger partial charge in [0.1, 0.15) is 0 Å². The number of nitrogens with zero attached hydrogens (tertiary/aromatic N) is 2. The van der Waals surface area contributed by atoms with E-state index in [1.807, 2.05) is 11.8 Å². The van der Waals surface area contributed by atoms with Crippen molar-refractivity contribution in [2.75, 3.05) is 44.7 Å². The second kappa shape index (κ2) is 10.2. The lowest BCUT2D eigenvalue weighted by atomic mass is 10.2. The summed E-state index contributed by atoms with van der Waals surface area (Å²) in [6.45, 7) is 9.27. The van der Waals surface area contributed by atoms with E-state index in [2.05, 4.69) is 33.8 Å². The van der Waals surface area contributed by atoms with Gasteiger partial charge in [0, 0.05) is 43.7 Å². The van der Waals surface area contributed by atoms with Gasteiger partial charge in [0.05, 0.1) is 5.75 Å². The highest BCUT2D eigenvalue weighted by Gasteiger charge is 2.28. The van der Waals surface area contributed by atoms with Crippen LogP contribution in [0.25, 0.3) is 0 Å². The molecule has 0 spiro atoms. The first kappa shape index (κ1) is 22.3. The standard InChI is InChI=1S/C13H28N4O2S2.HI/c1-5-21(18,19)16-8-6-7-15-12(14-4)17-9-10-20-13(2,3)11-17;/h16H,5-11H2,1-4H3,(H,14,15);1H. The molecule has 0 unspecified atom stereocenters. The van der Waals surface area contributed by atoms with Gasteiger partial charge in [-0.15, -0.1) is 24.0 Å². The second-order valence-electron chi connectivity index (χ2n) is 5.66. The molecule has 0 bridgehead atoms. The molecule has 0 aliphatic carbocycles. The molecule has 0 aromatic carbocycles. The van der Waals surface area contributed by atoms with Crippen LogP contribution in [-0.4, -0.2) is 68.8 Å². The molecule has 1 fully saturated rings. The minimum atomic E-state index is -3.08. The molecule has 1 aliphatic heterocycles. The summed E-state index contributed by atoms with van der Waals surface area (Å²) in [4.78, 5) is 6.59. The molecular formula is C13H29IN4O2S2. The summed E-state index contributed by atoms with van der Waals surface area (Å²) in [5.41, 5.74) is 0. The summed E-state index contributed by atoms with van der Waals surface area (Å²) in [5, 5.41) is 3.31. The van der Waals surface area contributed by atoms with Gasteiger partial charge in [-0.2, -0.15) is 11.8 Å². The first-order valence-electron chi connectivity index (χ1n) is 7.36. The van der Waals surface area contributed by atoms with Crippen molar-refractivity contribution < 1.29 is 8.42 Å². The Morgan fingerprint density at radius 2 is 2.05 bits per heavy atom. The predicted octanol–water partition coefficient (Wildman–Crippen LogP) is 1.34. The molecule has 0 radical (unpaired) electrons. The van der Waals surface area contributed by atoms with Crippen LogP contribution in [-0.2, 0) is 10.0 Å². The summed E-state index contributed by atoms with van der Waals surface area (Å²) < 4.78 is 25.4. The lowest BCUT2D eigenvalue weighted by Crippen LogP contribution is -2.51. The topological polar surface area (TPSA) is 73.8 Å². The van der Waals surface area contributed by atoms with Crippen LogP contribution in [0.4, 0.5) is 0 Å². The normalized spacial score (nSPS) is 18.7. The molecule has 0 amide bonds. The third-order valence-electron chi connectivity index (χ3n) is 3.28. The van der Waals surface area contributed by atoms with E-state index in [0.717, 1.165) is 31.2 Å². The van der Waals surface area contributed by atoms with Crippen LogP contribution in [0.3, 0.4) is 0 Å². The molecule has 2 N–H and O–H groups in total. The molecule has 1 saturated heterocycles. The molecule has 9 heteroatoms. The van der Waals surface area contributed by atoms with Gasteiger partial charge in [-0.3, -0.25) is 4.99 Å². The first-order valence-corrected chi connectivity index (χ1v) is 10.0. The number of nitrogens with one attached hydrogen (secondary N) is 2. The van der Waals surface area contributed by atoms with Crippen molar-refractivity contribution in [3.63, 3.8) is 0 Å². The van der Waals surface area contributed by atoms with E-state index in [1.165, 1.54) is 0 Å². The monoisotopic (exact) mass is 464 g/mol. The Morgan fingerprint density at radius 3 is 2.59 bits per heavy atom. The zero-order valence-corrected chi connectivity index (χ0v) is 17.8. The molecule has 0 aromatic heterocycles. The minimum Gasteiger partial charge on any atom is -0.356 e. The zero-order valence-electron chi connectivity index (χ0n) is 13.9. The van der Waals surface area contributed by atoms with E-state index in [0.29, 0.717) is 13.1 Å². The van der Waals surface area contributed by atoms with Crippen molar-refractivity contribution in [2.24, 2.45) is 4.99 Å². The third-order valence-corrected chi connectivity index (χ3v) is 5.98. The van der Waals surface area contributed by atoms with Gasteiger partial charge >= 0.3 is 0 Å². The summed E-state index contributed by atoms with van der Waals surface area (Å²) in [6, 6.07) is 0. The van der Waals surface area contributed by atoms with Crippen LogP contribution in [0.1, 0.15) is 27.2 Å². The number of sulfonamides is 1. The molecule has 6 nitrogen and oxygen atoms in total. The fourth-order valence-electron chi connectivity index (χ4n) is 2.15. The first-order chi connectivity index (χ1) is 9.79. The number of hydrogen-bond acceptors (Lipinski definition) is 4. The highest BCUT2D eigenvalue weighted by Crippen LogP contribution is 2.29. The summed E-state index contributed by atoms with van der Waals surface area (Å²) in [5.74, 6) is 2.13. The number of thioether (sulfide) groups is 1. The average molecular weight is 464 g/mol. The second-order valence-corrected chi connectivity index (χ2v) is 9.55. The predicted molar refractivity (Wildman–Crippen MR) is 107 cm³/mol. The number of rotatable bonds is 6. The van der Waals surface area contributed by atoms with Crippen LogP contribution in [0.15, 0.2) is 4.99 Å². The Morgan fingerprint density at radius 1 is 1.36 bits per heavy atom. The van der Waals surface area contributed by atoms with E-state index in [9.17, 15) is 8.42 Å². The quantitative estimate of drug-likeness (QED) is 0.269. The zero-order chi connectivity index (χ0) is 15.9. The molecule has 0 saturated carbocycles. The van der Waals surface area contributed by atoms with E-state index in [-0.39, 0.29) is 34.5 Å². The fraction of sp³-hybridized carbons (Fsp3) is 0.923. The van der Waals surface area contributed by atoms with Gasteiger partial charge in [0.15, 0.2) is 5.96 Å². The van der Waals surface area contributed by atoms with Gasteiger partial charge < -0.3 is 10.2 Å². The van der Waals surface area contributed by atoms with Crippen LogP contribution >= 0.6 is 35.7 Å². The fourth-order valence-corrected chi connectivity index (χ4v) is 3.92. The van der Waals surface area contributed by atoms with Gasteiger partial charge in [-0.25, -0.2) is 13.1 Å². The van der Waals surface area contributed by atoms with Crippen LogP contribution in [0.5, 0.6) is 0 Å². The van der Waals surface area contributed by atoms with Crippen molar-refractivity contribution in [3.05, 3.63) is 0 Å². The molecule has 1 heterocycles. The van der Waals surface area contributed by atoms with E-state index in [4.69, 9.17) is 0 Å². The van der Waals surface area contributed by atoms with Gasteiger partial charge in [0.2, 0.25) is 10.0 Å². The van der Waals surface area contributed by atoms with E-state index < -0.39 is 10.0 Å². The smallest absolute Gasteiger partial charge is 0.211 e. The van der Waals surface area contributed by atoms with Crippen molar-refractivity contribution in [1.29, 1.82) is 0 Å². The Labute approximate surface area is 156 Å². The Bertz CT molecular complexity index is 455. The maximum Gasteiger partial charge on any atom is 0.211 e. The Hall–Kier alpha value is 0.260. The Balaban J connectivity index is 0.00000441. The van der Waals surface area contributed by atoms with Crippen molar-refractivity contribution in [2.45, 2.75) is 31.9 Å². The largest absolute Gasteiger partial charge is 0.356 e. The minimum absolute atomic E-state index is 0. The van der Waals surface area contributed by atoms with E-state index >= 15 is 0 Å². The molecule has 1 rings (SSSR count). The van der Waals surface area contributed by atoms with Crippen molar-refractivity contribution >= 4 is 51.7 Å². The lowest BCUT2D eigenvalue weighted by Gasteiger charge is -2.39. The van der Waals surface area contributed by atoms with Crippen molar-refractivity contribution in [3.8, 4) is 0 Å². The van der Waals surface area contributed by atoms with Gasteiger partial charge in [0.25, 0.3) is 0 Å². The van der Waals surface area contributed by atoms with Crippen LogP contribution < -0.4 is 10.0 Å². The average Bonchev–Trinajstić information content (AvgIpc) is 2.41. The van der Waals surface area contributed by atoms with Gasteiger partial charge in [-0.05, 0) is 27.2 Å². The van der Waals surface area contributed by atoms with Gasteiger partial charge in [-0.1, -0.05) is 0 Å². The van der Waals surface area contributed by atoms with Crippen LogP contribution in [0.2, 0.25) is 0 Å². The SMILES string of the molecule is CCS(=O)(=O)NCCCNC(=NC)N1CCSC(C)(C)C1.I. The molecule has 22 heavy (non-hydrogen) atoms. The lowest BCUT2D eigenvalue weighted by molar-refractivity contribution is 0.375. The Kier molecular flexibility index (Phi) is 10.3. The maximum absolute atomic E-state index is 11.3. The van der Waals surface area contributed by atoms with E-state index in [1.54, 1.807) is 14.0 Å². The molecule has 0 atom stereocenters. The maximum atomic E-state index is 11.3. The highest BCUT2D eigenvalue weighted by atomic mass is 127. The van der Waals surface area contributed by atoms with Crippen LogP contribution in [0, 0.1) is 0 Å². The number of guanidine groups is 1. The molecular weight excluding hydrogens is 435 g/mol. The summed E-state index contributed by atoms with van der Waals surface area (Å²) in [6.07, 6.45) is 0.740. The molecule has 1 aliphatic rings. The molecule has 0 aromatic rings. The number of halogens is 1. The summed E-state index contributed by atoms with van der Waals surface area (Å²) >= 11 is 1.99. The van der Waals surface area contributed by atoms with Crippen molar-refractivity contribution in [1.82, 2.24) is 14.9 Å². The summed E-state index contributed by atoms with van der Waals surface area (Å²) in [7, 11) is -1.29. The number of hydrogen-bond donors (Lipinski definition) is 2. The highest BCUT2D eigenvalue weighted by molar-refractivity contribution is 14.0. The third kappa shape index (κ3) is 8.21.